The number of fused-ring (bicyclic) bond motifs is 1. The number of dihydropyridines is 1. The number of hydrogen-bond acceptors (Lipinski definition) is 5. The summed E-state index contributed by atoms with van der Waals surface area (Å²) in [5, 5.41) is 7.07. The van der Waals surface area contributed by atoms with Crippen LogP contribution in [0.3, 0.4) is 0 Å². The van der Waals surface area contributed by atoms with Gasteiger partial charge in [-0.15, -0.1) is 11.3 Å². The molecule has 27 heavy (non-hydrogen) atoms. The molecule has 0 unspecified atom stereocenters. The van der Waals surface area contributed by atoms with Crippen LogP contribution in [0.4, 0.5) is 0 Å². The van der Waals surface area contributed by atoms with Gasteiger partial charge >= 0.3 is 0 Å². The lowest BCUT2D eigenvalue weighted by Crippen LogP contribution is -2.44. The molecule has 0 bridgehead atoms. The predicted octanol–water partition coefficient (Wildman–Crippen LogP) is 4.09. The highest BCUT2D eigenvalue weighted by Crippen LogP contribution is 2.27. The molecule has 1 aromatic heterocycles. The lowest BCUT2D eigenvalue weighted by Gasteiger charge is -2.35. The summed E-state index contributed by atoms with van der Waals surface area (Å²) in [5.74, 6) is 0. The average Bonchev–Trinajstić information content (AvgIpc) is 3.03. The van der Waals surface area contributed by atoms with Crippen molar-refractivity contribution in [3.05, 3.63) is 68.4 Å². The minimum Gasteiger partial charge on any atom is -0.360 e. The first-order valence-electron chi connectivity index (χ1n) is 9.68. The normalized spacial score (nSPS) is 20.3. The lowest BCUT2D eigenvalue weighted by atomic mass is 10.0. The van der Waals surface area contributed by atoms with Gasteiger partial charge in [-0.2, -0.15) is 0 Å². The molecule has 3 aliphatic rings. The molecule has 0 spiro atoms. The van der Waals surface area contributed by atoms with E-state index < -0.39 is 0 Å². The number of rotatable bonds is 6. The quantitative estimate of drug-likeness (QED) is 0.688. The van der Waals surface area contributed by atoms with Gasteiger partial charge < -0.3 is 20.4 Å². The van der Waals surface area contributed by atoms with Crippen molar-refractivity contribution in [1.29, 1.82) is 0 Å². The highest BCUT2D eigenvalue weighted by molar-refractivity contribution is 9.11. The van der Waals surface area contributed by atoms with Crippen molar-refractivity contribution in [2.75, 3.05) is 26.2 Å². The Balaban J connectivity index is 1.20. The molecular weight excluding hydrogens is 420 g/mol. The Morgan fingerprint density at radius 3 is 2.85 bits per heavy atom. The van der Waals surface area contributed by atoms with Gasteiger partial charge in [0.1, 0.15) is 0 Å². The zero-order chi connectivity index (χ0) is 18.6. The summed E-state index contributed by atoms with van der Waals surface area (Å²) >= 11 is 5.47. The zero-order valence-corrected chi connectivity index (χ0v) is 18.2. The molecule has 1 fully saturated rings. The van der Waals surface area contributed by atoms with E-state index in [2.05, 4.69) is 79.9 Å². The smallest absolute Gasteiger partial charge is 0.0730 e. The zero-order valence-electron chi connectivity index (χ0n) is 15.7. The van der Waals surface area contributed by atoms with Crippen LogP contribution in [0.5, 0.6) is 0 Å². The van der Waals surface area contributed by atoms with Crippen molar-refractivity contribution in [2.45, 2.75) is 32.4 Å². The van der Waals surface area contributed by atoms with Gasteiger partial charge in [0, 0.05) is 43.0 Å². The van der Waals surface area contributed by atoms with Gasteiger partial charge in [-0.05, 0) is 84.7 Å². The fraction of sp³-hybridized carbons (Fsp3) is 0.429. The number of halogens is 1. The van der Waals surface area contributed by atoms with E-state index in [1.54, 1.807) is 0 Å². The average molecular weight is 447 g/mol. The van der Waals surface area contributed by atoms with Crippen LogP contribution < -0.4 is 10.6 Å². The van der Waals surface area contributed by atoms with Gasteiger partial charge in [0.15, 0.2) is 0 Å². The third-order valence-corrected chi connectivity index (χ3v) is 7.56. The third kappa shape index (κ3) is 4.74. The van der Waals surface area contributed by atoms with E-state index in [4.69, 9.17) is 0 Å². The first-order valence-corrected chi connectivity index (χ1v) is 11.3. The van der Waals surface area contributed by atoms with E-state index in [1.807, 2.05) is 17.5 Å². The van der Waals surface area contributed by atoms with Crippen LogP contribution in [-0.2, 0) is 6.54 Å². The number of piperidine rings is 1. The van der Waals surface area contributed by atoms with Crippen molar-refractivity contribution in [3.8, 4) is 0 Å². The fourth-order valence-corrected chi connectivity index (χ4v) is 5.39. The van der Waals surface area contributed by atoms with E-state index in [0.717, 1.165) is 19.6 Å². The molecule has 3 aliphatic heterocycles. The number of nitrogens with zero attached hydrogens (tertiary/aromatic N) is 2. The van der Waals surface area contributed by atoms with Crippen molar-refractivity contribution < 1.29 is 0 Å². The second kappa shape index (κ2) is 8.78. The Morgan fingerprint density at radius 1 is 1.22 bits per heavy atom. The molecule has 0 saturated carbocycles. The number of likely N-dealkylation sites (tertiary alicyclic amines) is 1. The topological polar surface area (TPSA) is 30.5 Å². The number of nitrogens with one attached hydrogen (secondary N) is 2. The van der Waals surface area contributed by atoms with Gasteiger partial charge in [0.2, 0.25) is 0 Å². The van der Waals surface area contributed by atoms with Gasteiger partial charge in [0.05, 0.1) is 15.2 Å². The monoisotopic (exact) mass is 446 g/mol. The number of thiophene rings is 1. The lowest BCUT2D eigenvalue weighted by molar-refractivity contribution is 0.186. The van der Waals surface area contributed by atoms with Crippen molar-refractivity contribution in [1.82, 2.24) is 20.4 Å². The number of hydrogen-bond donors (Lipinski definition) is 2. The summed E-state index contributed by atoms with van der Waals surface area (Å²) in [6.07, 6.45) is 15.2. The van der Waals surface area contributed by atoms with Gasteiger partial charge in [0.25, 0.3) is 0 Å². The van der Waals surface area contributed by atoms with Crippen LogP contribution in [0.15, 0.2) is 58.0 Å². The summed E-state index contributed by atoms with van der Waals surface area (Å²) in [6.45, 7) is 7.67. The van der Waals surface area contributed by atoms with Gasteiger partial charge in [-0.1, -0.05) is 0 Å². The van der Waals surface area contributed by atoms with Gasteiger partial charge in [-0.25, -0.2) is 0 Å². The Bertz CT molecular complexity index is 765. The maximum absolute atomic E-state index is 3.75. The molecule has 1 aromatic rings. The highest BCUT2D eigenvalue weighted by atomic mass is 79.9. The van der Waals surface area contributed by atoms with Crippen LogP contribution in [-0.4, -0.2) is 42.0 Å². The van der Waals surface area contributed by atoms with Crippen molar-refractivity contribution in [2.24, 2.45) is 0 Å². The number of aryl methyl sites for hydroxylation is 1. The molecule has 2 N–H and O–H groups in total. The molecular formula is C21H27BrN4S. The Labute approximate surface area is 174 Å². The van der Waals surface area contributed by atoms with Crippen molar-refractivity contribution >= 4 is 27.3 Å². The molecule has 0 atom stereocenters. The summed E-state index contributed by atoms with van der Waals surface area (Å²) in [4.78, 5) is 6.38. The van der Waals surface area contributed by atoms with E-state index in [-0.39, 0.29) is 0 Å². The summed E-state index contributed by atoms with van der Waals surface area (Å²) < 4.78 is 1.26. The molecule has 4 rings (SSSR count). The molecule has 4 heterocycles. The maximum atomic E-state index is 3.75. The Kier molecular flexibility index (Phi) is 6.18. The standard InChI is InChI=1S/C21H27BrN4S/c1-16-14-18(27-21(16)22)15-24-17-6-10-25(11-7-17)12-13-26-9-3-4-19-20(26)5-2-8-23-19/h2-5,8-9,14,17,23-24H,6-7,10-13,15H2,1H3. The maximum Gasteiger partial charge on any atom is 0.0730 e. The molecule has 0 amide bonds. The minimum atomic E-state index is 0.641. The summed E-state index contributed by atoms with van der Waals surface area (Å²) in [7, 11) is 0. The fourth-order valence-electron chi connectivity index (χ4n) is 3.81. The van der Waals surface area contributed by atoms with Crippen molar-refractivity contribution in [3.63, 3.8) is 0 Å². The second-order valence-electron chi connectivity index (χ2n) is 7.34. The largest absolute Gasteiger partial charge is 0.360 e. The summed E-state index contributed by atoms with van der Waals surface area (Å²) in [5.41, 5.74) is 3.81. The van der Waals surface area contributed by atoms with E-state index >= 15 is 0 Å². The molecule has 144 valence electrons. The Hall–Kier alpha value is -1.34. The van der Waals surface area contributed by atoms with Crippen LogP contribution >= 0.6 is 27.3 Å². The highest BCUT2D eigenvalue weighted by Gasteiger charge is 2.21. The molecule has 0 aliphatic carbocycles. The van der Waals surface area contributed by atoms with E-state index in [9.17, 15) is 0 Å². The third-order valence-electron chi connectivity index (χ3n) is 5.42. The molecule has 6 heteroatoms. The molecule has 4 nitrogen and oxygen atoms in total. The molecule has 0 aromatic carbocycles. The number of allylic oxidation sites excluding steroid dienone is 4. The van der Waals surface area contributed by atoms with Crippen LogP contribution in [0.2, 0.25) is 0 Å². The SMILES string of the molecule is Cc1cc(CNC2CCN(CCN3C=CC=C4NC=CC=C43)CC2)sc1Br. The second-order valence-corrected chi connectivity index (χ2v) is 9.79. The van der Waals surface area contributed by atoms with Crippen LogP contribution in [0, 0.1) is 6.92 Å². The summed E-state index contributed by atoms with van der Waals surface area (Å²) in [6, 6.07) is 2.93. The van der Waals surface area contributed by atoms with Gasteiger partial charge in [-0.3, -0.25) is 0 Å². The van der Waals surface area contributed by atoms with E-state index in [1.165, 1.54) is 51.6 Å². The predicted molar refractivity (Wildman–Crippen MR) is 117 cm³/mol. The molecule has 1 saturated heterocycles. The van der Waals surface area contributed by atoms with Crippen LogP contribution in [0.25, 0.3) is 0 Å². The molecule has 0 radical (unpaired) electrons. The van der Waals surface area contributed by atoms with Crippen LogP contribution in [0.1, 0.15) is 23.3 Å². The Morgan fingerprint density at radius 2 is 2.07 bits per heavy atom. The van der Waals surface area contributed by atoms with E-state index in [0.29, 0.717) is 6.04 Å². The minimum absolute atomic E-state index is 0.641. The first-order chi connectivity index (χ1) is 13.2. The first kappa shape index (κ1) is 19.0.